The van der Waals surface area contributed by atoms with Crippen molar-refractivity contribution in [3.63, 3.8) is 0 Å². The van der Waals surface area contributed by atoms with E-state index in [1.54, 1.807) is 18.2 Å². The molecule has 0 amide bonds. The Morgan fingerprint density at radius 2 is 1.82 bits per heavy atom. The number of phenols is 2. The van der Waals surface area contributed by atoms with Gasteiger partial charge >= 0.3 is 5.97 Å². The molecule has 0 saturated heterocycles. The molecule has 22 heavy (non-hydrogen) atoms. The first-order chi connectivity index (χ1) is 10.4. The lowest BCUT2D eigenvalue weighted by Gasteiger charge is -2.14. The smallest absolute Gasteiger partial charge is 0.342 e. The Hall–Kier alpha value is -2.49. The van der Waals surface area contributed by atoms with Crippen molar-refractivity contribution in [1.29, 1.82) is 0 Å². The molecule has 116 valence electrons. The minimum atomic E-state index is -0.573. The molecule has 2 aromatic carbocycles. The van der Waals surface area contributed by atoms with E-state index in [4.69, 9.17) is 4.74 Å². The number of para-hydroxylation sites is 1. The molecule has 2 aromatic rings. The van der Waals surface area contributed by atoms with Crippen LogP contribution in [0.4, 0.5) is 0 Å². The van der Waals surface area contributed by atoms with E-state index in [1.165, 1.54) is 12.1 Å². The normalized spacial score (nSPS) is 10.7. The van der Waals surface area contributed by atoms with E-state index < -0.39 is 5.97 Å². The topological polar surface area (TPSA) is 66.8 Å². The number of aryl methyl sites for hydroxylation is 1. The van der Waals surface area contributed by atoms with Gasteiger partial charge in [0.15, 0.2) is 0 Å². The average molecular weight is 300 g/mol. The Balaban J connectivity index is 2.17. The van der Waals surface area contributed by atoms with E-state index in [9.17, 15) is 15.0 Å². The van der Waals surface area contributed by atoms with Crippen molar-refractivity contribution >= 4 is 5.97 Å². The lowest BCUT2D eigenvalue weighted by atomic mass is 9.97. The maximum Gasteiger partial charge on any atom is 0.342 e. The van der Waals surface area contributed by atoms with Gasteiger partial charge in [0.2, 0.25) is 0 Å². The molecule has 0 saturated carbocycles. The van der Waals surface area contributed by atoms with Crippen LogP contribution in [0.25, 0.3) is 0 Å². The molecule has 0 aromatic heterocycles. The Bertz CT molecular complexity index is 689. The first-order valence-electron chi connectivity index (χ1n) is 7.17. The van der Waals surface area contributed by atoms with Crippen LogP contribution in [-0.2, 0) is 11.3 Å². The minimum absolute atomic E-state index is 0.0962. The monoisotopic (exact) mass is 300 g/mol. The largest absolute Gasteiger partial charge is 0.508 e. The zero-order valence-electron chi connectivity index (χ0n) is 13.0. The lowest BCUT2D eigenvalue weighted by molar-refractivity contribution is 0.0468. The van der Waals surface area contributed by atoms with Crippen LogP contribution >= 0.6 is 0 Å². The summed E-state index contributed by atoms with van der Waals surface area (Å²) >= 11 is 0. The molecule has 0 unspecified atom stereocenters. The zero-order valence-corrected chi connectivity index (χ0v) is 13.0. The summed E-state index contributed by atoms with van der Waals surface area (Å²) in [7, 11) is 0. The van der Waals surface area contributed by atoms with Crippen LogP contribution < -0.4 is 0 Å². The predicted molar refractivity (Wildman–Crippen MR) is 84.2 cm³/mol. The second-order valence-corrected chi connectivity index (χ2v) is 5.59. The molecule has 0 aliphatic carbocycles. The van der Waals surface area contributed by atoms with Crippen molar-refractivity contribution < 1.29 is 19.7 Å². The highest BCUT2D eigenvalue weighted by Crippen LogP contribution is 2.29. The maximum atomic E-state index is 12.0. The van der Waals surface area contributed by atoms with Gasteiger partial charge in [0.25, 0.3) is 0 Å². The second kappa shape index (κ2) is 6.52. The van der Waals surface area contributed by atoms with Crippen molar-refractivity contribution in [3.05, 3.63) is 58.7 Å². The third-order valence-electron chi connectivity index (χ3n) is 3.59. The maximum absolute atomic E-state index is 12.0. The summed E-state index contributed by atoms with van der Waals surface area (Å²) in [6, 6.07) is 9.80. The Labute approximate surface area is 130 Å². The zero-order chi connectivity index (χ0) is 16.3. The van der Waals surface area contributed by atoms with Gasteiger partial charge in [-0.05, 0) is 53.8 Å². The van der Waals surface area contributed by atoms with E-state index in [0.717, 1.165) is 16.7 Å². The second-order valence-electron chi connectivity index (χ2n) is 5.59. The molecule has 2 rings (SSSR count). The van der Waals surface area contributed by atoms with Crippen molar-refractivity contribution in [2.75, 3.05) is 0 Å². The molecule has 0 aliphatic heterocycles. The van der Waals surface area contributed by atoms with E-state index in [1.807, 2.05) is 26.8 Å². The molecular formula is C18H20O4. The molecule has 0 spiro atoms. The molecule has 0 aliphatic rings. The highest BCUT2D eigenvalue weighted by Gasteiger charge is 2.14. The molecule has 0 bridgehead atoms. The quantitative estimate of drug-likeness (QED) is 0.841. The van der Waals surface area contributed by atoms with Gasteiger partial charge in [0.05, 0.1) is 0 Å². The molecule has 0 fully saturated rings. The molecule has 0 heterocycles. The van der Waals surface area contributed by atoms with Crippen molar-refractivity contribution in [1.82, 2.24) is 0 Å². The fourth-order valence-corrected chi connectivity index (χ4v) is 2.24. The number of esters is 1. The number of ether oxygens (including phenoxy) is 1. The van der Waals surface area contributed by atoms with Gasteiger partial charge in [-0.2, -0.15) is 0 Å². The van der Waals surface area contributed by atoms with Crippen molar-refractivity contribution in [3.8, 4) is 11.5 Å². The van der Waals surface area contributed by atoms with Gasteiger partial charge in [0, 0.05) is 0 Å². The van der Waals surface area contributed by atoms with Gasteiger partial charge in [-0.25, -0.2) is 4.79 Å². The molecule has 2 N–H and O–H groups in total. The van der Waals surface area contributed by atoms with E-state index >= 15 is 0 Å². The van der Waals surface area contributed by atoms with Crippen molar-refractivity contribution in [2.24, 2.45) is 0 Å². The first kappa shape index (κ1) is 15.9. The van der Waals surface area contributed by atoms with Crippen LogP contribution in [-0.4, -0.2) is 16.2 Å². The van der Waals surface area contributed by atoms with Crippen LogP contribution in [0.5, 0.6) is 11.5 Å². The third kappa shape index (κ3) is 3.39. The lowest BCUT2D eigenvalue weighted by Crippen LogP contribution is -2.07. The average Bonchev–Trinajstić information content (AvgIpc) is 2.46. The molecule has 4 heteroatoms. The standard InChI is InChI=1S/C18H20O4/c1-11(2)15-9-13(12(3)8-17(15)20)10-22-18(21)14-6-4-5-7-16(14)19/h4-9,11,19-20H,10H2,1-3H3. The molecule has 0 atom stereocenters. The van der Waals surface area contributed by atoms with Crippen LogP contribution in [0, 0.1) is 6.92 Å². The Morgan fingerprint density at radius 1 is 1.14 bits per heavy atom. The Kier molecular flexibility index (Phi) is 4.71. The van der Waals surface area contributed by atoms with E-state index in [0.29, 0.717) is 0 Å². The van der Waals surface area contributed by atoms with Gasteiger partial charge in [-0.3, -0.25) is 0 Å². The summed E-state index contributed by atoms with van der Waals surface area (Å²) in [6.07, 6.45) is 0. The summed E-state index contributed by atoms with van der Waals surface area (Å²) in [5, 5.41) is 19.6. The number of phenolic OH excluding ortho intramolecular Hbond substituents is 2. The summed E-state index contributed by atoms with van der Waals surface area (Å²) in [5.41, 5.74) is 2.65. The SMILES string of the molecule is Cc1cc(O)c(C(C)C)cc1COC(=O)c1ccccc1O. The fraction of sp³-hybridized carbons (Fsp3) is 0.278. The van der Waals surface area contributed by atoms with Crippen LogP contribution in [0.15, 0.2) is 36.4 Å². The summed E-state index contributed by atoms with van der Waals surface area (Å²) in [4.78, 5) is 12.0. The van der Waals surface area contributed by atoms with Gasteiger partial charge in [-0.1, -0.05) is 26.0 Å². The van der Waals surface area contributed by atoms with Crippen molar-refractivity contribution in [2.45, 2.75) is 33.3 Å². The predicted octanol–water partition coefficient (Wildman–Crippen LogP) is 3.89. The molecule has 0 radical (unpaired) electrons. The minimum Gasteiger partial charge on any atom is -0.508 e. The number of carbonyl (C=O) groups is 1. The Morgan fingerprint density at radius 3 is 2.45 bits per heavy atom. The van der Waals surface area contributed by atoms with Crippen LogP contribution in [0.2, 0.25) is 0 Å². The van der Waals surface area contributed by atoms with E-state index in [-0.39, 0.29) is 29.6 Å². The van der Waals surface area contributed by atoms with Gasteiger partial charge < -0.3 is 14.9 Å². The number of hydrogen-bond donors (Lipinski definition) is 2. The summed E-state index contributed by atoms with van der Waals surface area (Å²) in [5.74, 6) is -0.244. The van der Waals surface area contributed by atoms with Crippen LogP contribution in [0.3, 0.4) is 0 Å². The molecule has 4 nitrogen and oxygen atoms in total. The number of hydrogen-bond acceptors (Lipinski definition) is 4. The number of aromatic hydroxyl groups is 2. The number of benzene rings is 2. The first-order valence-corrected chi connectivity index (χ1v) is 7.17. The number of carbonyl (C=O) groups excluding carboxylic acids is 1. The van der Waals surface area contributed by atoms with E-state index in [2.05, 4.69) is 0 Å². The summed E-state index contributed by atoms with van der Waals surface area (Å²) < 4.78 is 5.27. The van der Waals surface area contributed by atoms with Crippen LogP contribution in [0.1, 0.15) is 46.8 Å². The highest BCUT2D eigenvalue weighted by molar-refractivity contribution is 5.92. The number of rotatable bonds is 4. The molecular weight excluding hydrogens is 280 g/mol. The van der Waals surface area contributed by atoms with Gasteiger partial charge in [-0.15, -0.1) is 0 Å². The highest BCUT2D eigenvalue weighted by atomic mass is 16.5. The van der Waals surface area contributed by atoms with Gasteiger partial charge in [0.1, 0.15) is 23.7 Å². The fourth-order valence-electron chi connectivity index (χ4n) is 2.24. The third-order valence-corrected chi connectivity index (χ3v) is 3.59. The summed E-state index contributed by atoms with van der Waals surface area (Å²) in [6.45, 7) is 5.93.